The van der Waals surface area contributed by atoms with Gasteiger partial charge in [0.05, 0.1) is 6.10 Å². The van der Waals surface area contributed by atoms with Crippen LogP contribution >= 0.6 is 11.8 Å². The molecule has 0 aromatic heterocycles. The zero-order valence-corrected chi connectivity index (χ0v) is 13.4. The van der Waals surface area contributed by atoms with Gasteiger partial charge in [0.1, 0.15) is 0 Å². The summed E-state index contributed by atoms with van der Waals surface area (Å²) in [5, 5.41) is 13.4. The molecule has 1 aromatic rings. The molecule has 114 valence electrons. The van der Waals surface area contributed by atoms with Crippen molar-refractivity contribution in [2.24, 2.45) is 5.92 Å². The number of aliphatic hydroxyl groups excluding tert-OH is 1. The molecular weight excluding hydrogens is 282 g/mol. The van der Waals surface area contributed by atoms with E-state index in [4.69, 9.17) is 0 Å². The summed E-state index contributed by atoms with van der Waals surface area (Å²) >= 11 is 1.27. The monoisotopic (exact) mass is 305 g/mol. The minimum absolute atomic E-state index is 0.00824. The fourth-order valence-electron chi connectivity index (χ4n) is 2.53. The van der Waals surface area contributed by atoms with Crippen LogP contribution in [0.4, 0.5) is 4.79 Å². The van der Waals surface area contributed by atoms with Crippen LogP contribution in [-0.4, -0.2) is 16.4 Å². The molecule has 0 spiro atoms. The number of amides is 1. The zero-order chi connectivity index (χ0) is 15.2. The highest BCUT2D eigenvalue weighted by Crippen LogP contribution is 2.36. The number of hydrogen-bond donors (Lipinski definition) is 2. The molecule has 0 fully saturated rings. The molecular formula is C17H23NO2S. The molecule has 2 rings (SSSR count). The lowest BCUT2D eigenvalue weighted by Crippen LogP contribution is -2.26. The van der Waals surface area contributed by atoms with Crippen molar-refractivity contribution in [2.45, 2.75) is 45.3 Å². The molecule has 0 bridgehead atoms. The van der Waals surface area contributed by atoms with E-state index >= 15 is 0 Å². The van der Waals surface area contributed by atoms with Gasteiger partial charge >= 0.3 is 0 Å². The topological polar surface area (TPSA) is 49.3 Å². The quantitative estimate of drug-likeness (QED) is 0.874. The lowest BCUT2D eigenvalue weighted by atomic mass is 9.87. The van der Waals surface area contributed by atoms with Crippen LogP contribution in [0.25, 0.3) is 0 Å². The lowest BCUT2D eigenvalue weighted by Gasteiger charge is -2.25. The SMILES string of the molecule is CC(C)NC(=O)SC1=C[C@H](C(O)c2ccccc2)CCC1. The molecule has 21 heavy (non-hydrogen) atoms. The van der Waals surface area contributed by atoms with Crippen LogP contribution in [0.3, 0.4) is 0 Å². The minimum atomic E-state index is -0.491. The Bertz CT molecular complexity index is 499. The first kappa shape index (κ1) is 16.1. The lowest BCUT2D eigenvalue weighted by molar-refractivity contribution is 0.123. The number of thioether (sulfide) groups is 1. The summed E-state index contributed by atoms with van der Waals surface area (Å²) in [6, 6.07) is 9.88. The highest BCUT2D eigenvalue weighted by molar-refractivity contribution is 8.16. The largest absolute Gasteiger partial charge is 0.388 e. The fraction of sp³-hybridized carbons (Fsp3) is 0.471. The zero-order valence-electron chi connectivity index (χ0n) is 12.6. The van der Waals surface area contributed by atoms with Crippen molar-refractivity contribution in [3.8, 4) is 0 Å². The van der Waals surface area contributed by atoms with Crippen molar-refractivity contribution in [3.05, 3.63) is 46.9 Å². The fourth-order valence-corrected chi connectivity index (χ4v) is 3.56. The van der Waals surface area contributed by atoms with E-state index in [1.165, 1.54) is 11.8 Å². The smallest absolute Gasteiger partial charge is 0.283 e. The van der Waals surface area contributed by atoms with E-state index in [-0.39, 0.29) is 17.2 Å². The molecule has 1 aromatic carbocycles. The average molecular weight is 305 g/mol. The number of allylic oxidation sites excluding steroid dienone is 1. The van der Waals surface area contributed by atoms with E-state index in [1.54, 1.807) is 0 Å². The van der Waals surface area contributed by atoms with Crippen LogP contribution in [0.1, 0.15) is 44.8 Å². The number of carbonyl (C=O) groups is 1. The maximum absolute atomic E-state index is 11.8. The summed E-state index contributed by atoms with van der Waals surface area (Å²) in [5.41, 5.74) is 0.941. The molecule has 2 atom stereocenters. The molecule has 0 saturated carbocycles. The summed E-state index contributed by atoms with van der Waals surface area (Å²) in [5.74, 6) is 0.0931. The van der Waals surface area contributed by atoms with Crippen molar-refractivity contribution >= 4 is 17.0 Å². The van der Waals surface area contributed by atoms with Gasteiger partial charge in [-0.3, -0.25) is 4.79 Å². The molecule has 3 nitrogen and oxygen atoms in total. The Labute approximate surface area is 130 Å². The highest BCUT2D eigenvalue weighted by Gasteiger charge is 2.23. The third-order valence-electron chi connectivity index (χ3n) is 3.54. The molecule has 0 heterocycles. The van der Waals surface area contributed by atoms with Gasteiger partial charge in [-0.15, -0.1) is 0 Å². The van der Waals surface area contributed by atoms with Crippen LogP contribution < -0.4 is 5.32 Å². The Morgan fingerprint density at radius 1 is 1.33 bits per heavy atom. The molecule has 1 amide bonds. The molecule has 0 aliphatic heterocycles. The van der Waals surface area contributed by atoms with E-state index in [1.807, 2.05) is 44.2 Å². The first-order chi connectivity index (χ1) is 10.1. The summed E-state index contributed by atoms with van der Waals surface area (Å²) in [6.07, 6.45) is 4.49. The molecule has 1 aliphatic rings. The van der Waals surface area contributed by atoms with Crippen molar-refractivity contribution in [1.82, 2.24) is 5.32 Å². The summed E-state index contributed by atoms with van der Waals surface area (Å²) in [4.78, 5) is 12.9. The Kier molecular flexibility index (Phi) is 5.88. The molecule has 0 radical (unpaired) electrons. The number of carbonyl (C=O) groups excluding carboxylic acids is 1. The van der Waals surface area contributed by atoms with Gasteiger partial charge in [-0.25, -0.2) is 0 Å². The van der Waals surface area contributed by atoms with Gasteiger partial charge in [0, 0.05) is 12.0 Å². The number of benzene rings is 1. The van der Waals surface area contributed by atoms with Gasteiger partial charge in [0.15, 0.2) is 0 Å². The van der Waals surface area contributed by atoms with Crippen LogP contribution in [-0.2, 0) is 0 Å². The first-order valence-corrected chi connectivity index (χ1v) is 8.30. The molecule has 4 heteroatoms. The number of aliphatic hydroxyl groups is 1. The second-order valence-corrected chi connectivity index (χ2v) is 6.83. The van der Waals surface area contributed by atoms with Crippen LogP contribution in [0.2, 0.25) is 0 Å². The Morgan fingerprint density at radius 2 is 2.05 bits per heavy atom. The Morgan fingerprint density at radius 3 is 2.71 bits per heavy atom. The molecule has 0 saturated heterocycles. The number of rotatable bonds is 4. The third-order valence-corrected chi connectivity index (χ3v) is 4.44. The second kappa shape index (κ2) is 7.66. The third kappa shape index (κ3) is 4.90. The van der Waals surface area contributed by atoms with Crippen molar-refractivity contribution in [1.29, 1.82) is 0 Å². The van der Waals surface area contributed by atoms with Crippen molar-refractivity contribution in [3.63, 3.8) is 0 Å². The molecule has 1 unspecified atom stereocenters. The Balaban J connectivity index is 2.01. The standard InChI is InChI=1S/C17H23NO2S/c1-12(2)18-17(20)21-15-10-6-9-14(11-15)16(19)13-7-4-3-5-8-13/h3-5,7-8,11-12,14,16,19H,6,9-10H2,1-2H3,(H,18,20)/t14-,16?/m1/s1. The minimum Gasteiger partial charge on any atom is -0.388 e. The van der Waals surface area contributed by atoms with Gasteiger partial charge in [0.2, 0.25) is 0 Å². The van der Waals surface area contributed by atoms with Gasteiger partial charge in [-0.05, 0) is 55.3 Å². The van der Waals surface area contributed by atoms with Gasteiger partial charge in [-0.2, -0.15) is 0 Å². The van der Waals surface area contributed by atoms with E-state index in [0.29, 0.717) is 0 Å². The van der Waals surface area contributed by atoms with Crippen LogP contribution in [0.15, 0.2) is 41.3 Å². The normalized spacial score (nSPS) is 20.0. The van der Waals surface area contributed by atoms with Crippen molar-refractivity contribution in [2.75, 3.05) is 0 Å². The summed E-state index contributed by atoms with van der Waals surface area (Å²) < 4.78 is 0. The first-order valence-electron chi connectivity index (χ1n) is 7.48. The molecule has 1 aliphatic carbocycles. The average Bonchev–Trinajstić information content (AvgIpc) is 2.46. The maximum atomic E-state index is 11.8. The highest BCUT2D eigenvalue weighted by atomic mass is 32.2. The maximum Gasteiger partial charge on any atom is 0.283 e. The van der Waals surface area contributed by atoms with Gasteiger partial charge < -0.3 is 10.4 Å². The Hall–Kier alpha value is -1.26. The number of hydrogen-bond acceptors (Lipinski definition) is 3. The molecule has 2 N–H and O–H groups in total. The van der Waals surface area contributed by atoms with E-state index in [9.17, 15) is 9.90 Å². The van der Waals surface area contributed by atoms with Crippen LogP contribution in [0.5, 0.6) is 0 Å². The predicted octanol–water partition coefficient (Wildman–Crippen LogP) is 4.26. The van der Waals surface area contributed by atoms with Crippen LogP contribution in [0, 0.1) is 5.92 Å². The predicted molar refractivity (Wildman–Crippen MR) is 88.1 cm³/mol. The van der Waals surface area contributed by atoms with E-state index in [2.05, 4.69) is 11.4 Å². The number of nitrogens with one attached hydrogen (secondary N) is 1. The second-order valence-electron chi connectivity index (χ2n) is 5.73. The van der Waals surface area contributed by atoms with E-state index < -0.39 is 6.10 Å². The summed E-state index contributed by atoms with van der Waals surface area (Å²) in [7, 11) is 0. The van der Waals surface area contributed by atoms with Crippen molar-refractivity contribution < 1.29 is 9.90 Å². The summed E-state index contributed by atoms with van der Waals surface area (Å²) in [6.45, 7) is 3.91. The van der Waals surface area contributed by atoms with E-state index in [0.717, 1.165) is 29.7 Å². The van der Waals surface area contributed by atoms with Gasteiger partial charge in [0.25, 0.3) is 5.24 Å². The van der Waals surface area contributed by atoms with Gasteiger partial charge in [-0.1, -0.05) is 36.4 Å².